The van der Waals surface area contributed by atoms with Crippen molar-refractivity contribution in [1.82, 2.24) is 16.0 Å². The molecule has 1 aliphatic rings. The summed E-state index contributed by atoms with van der Waals surface area (Å²) in [6, 6.07) is 7.73. The number of ether oxygens (including phenoxy) is 1. The smallest absolute Gasteiger partial charge is 0.239 e. The van der Waals surface area contributed by atoms with Crippen LogP contribution in [0.1, 0.15) is 24.8 Å². The van der Waals surface area contributed by atoms with Crippen LogP contribution in [0.5, 0.6) is 5.75 Å². The van der Waals surface area contributed by atoms with Crippen molar-refractivity contribution < 1.29 is 14.3 Å². The van der Waals surface area contributed by atoms with Gasteiger partial charge in [-0.3, -0.25) is 9.59 Å². The Kier molecular flexibility index (Phi) is 8.43. The van der Waals surface area contributed by atoms with Gasteiger partial charge in [0.2, 0.25) is 11.8 Å². The molecular formula is C16H24ClN3O3. The lowest BCUT2D eigenvalue weighted by Gasteiger charge is -2.10. The molecule has 23 heavy (non-hydrogen) atoms. The molecule has 7 heteroatoms. The van der Waals surface area contributed by atoms with E-state index >= 15 is 0 Å². The molecule has 1 aromatic carbocycles. The Morgan fingerprint density at radius 1 is 1.22 bits per heavy atom. The molecule has 0 aromatic heterocycles. The molecule has 1 aliphatic heterocycles. The van der Waals surface area contributed by atoms with Crippen LogP contribution in [-0.2, 0) is 16.1 Å². The molecule has 1 saturated heterocycles. The molecule has 0 radical (unpaired) electrons. The fourth-order valence-electron chi connectivity index (χ4n) is 2.41. The minimum atomic E-state index is -0.191. The minimum absolute atomic E-state index is 0. The first kappa shape index (κ1) is 19.3. The summed E-state index contributed by atoms with van der Waals surface area (Å²) in [5, 5.41) is 8.69. The number of rotatable bonds is 7. The average Bonchev–Trinajstić information content (AvgIpc) is 3.04. The summed E-state index contributed by atoms with van der Waals surface area (Å²) in [6.45, 7) is 1.42. The van der Waals surface area contributed by atoms with Crippen molar-refractivity contribution in [2.45, 2.75) is 31.8 Å². The number of hydrogen-bond acceptors (Lipinski definition) is 4. The predicted octanol–water partition coefficient (Wildman–Crippen LogP) is 0.991. The van der Waals surface area contributed by atoms with E-state index in [2.05, 4.69) is 16.0 Å². The van der Waals surface area contributed by atoms with Crippen molar-refractivity contribution in [3.63, 3.8) is 0 Å². The maximum Gasteiger partial charge on any atom is 0.239 e. The topological polar surface area (TPSA) is 79.5 Å². The van der Waals surface area contributed by atoms with Crippen LogP contribution in [0.25, 0.3) is 0 Å². The molecule has 0 aliphatic carbocycles. The van der Waals surface area contributed by atoms with Crippen LogP contribution in [0, 0.1) is 0 Å². The van der Waals surface area contributed by atoms with E-state index < -0.39 is 0 Å². The second kappa shape index (κ2) is 10.1. The van der Waals surface area contributed by atoms with E-state index in [0.717, 1.165) is 30.7 Å². The van der Waals surface area contributed by atoms with Gasteiger partial charge < -0.3 is 20.7 Å². The van der Waals surface area contributed by atoms with Crippen LogP contribution >= 0.6 is 12.4 Å². The number of hydrogen-bond donors (Lipinski definition) is 3. The molecule has 0 bridgehead atoms. The Morgan fingerprint density at radius 3 is 2.57 bits per heavy atom. The molecule has 1 heterocycles. The van der Waals surface area contributed by atoms with Gasteiger partial charge in [0, 0.05) is 19.0 Å². The van der Waals surface area contributed by atoms with Gasteiger partial charge in [-0.2, -0.15) is 0 Å². The highest BCUT2D eigenvalue weighted by molar-refractivity contribution is 5.85. The van der Waals surface area contributed by atoms with Crippen molar-refractivity contribution in [3.8, 4) is 5.75 Å². The van der Waals surface area contributed by atoms with Crippen LogP contribution in [0.15, 0.2) is 24.3 Å². The van der Waals surface area contributed by atoms with E-state index in [4.69, 9.17) is 4.74 Å². The van der Waals surface area contributed by atoms with E-state index in [1.54, 1.807) is 7.11 Å². The third kappa shape index (κ3) is 6.88. The average molecular weight is 342 g/mol. The van der Waals surface area contributed by atoms with Crippen molar-refractivity contribution in [3.05, 3.63) is 29.8 Å². The monoisotopic (exact) mass is 341 g/mol. The quantitative estimate of drug-likeness (QED) is 0.691. The third-order valence-electron chi connectivity index (χ3n) is 3.69. The molecule has 1 aromatic rings. The zero-order valence-corrected chi connectivity index (χ0v) is 14.1. The maximum atomic E-state index is 11.7. The Balaban J connectivity index is 0.00000264. The lowest BCUT2D eigenvalue weighted by Crippen LogP contribution is -2.38. The van der Waals surface area contributed by atoms with E-state index in [-0.39, 0.29) is 36.8 Å². The van der Waals surface area contributed by atoms with Gasteiger partial charge >= 0.3 is 0 Å². The number of carbonyl (C=O) groups excluding carboxylic acids is 2. The summed E-state index contributed by atoms with van der Waals surface area (Å²) in [7, 11) is 1.61. The van der Waals surface area contributed by atoms with Crippen molar-refractivity contribution in [2.24, 2.45) is 0 Å². The van der Waals surface area contributed by atoms with Crippen molar-refractivity contribution >= 4 is 24.2 Å². The maximum absolute atomic E-state index is 11.7. The fraction of sp³-hybridized carbons (Fsp3) is 0.500. The van der Waals surface area contributed by atoms with Crippen LogP contribution in [-0.4, -0.2) is 38.1 Å². The number of nitrogens with one attached hydrogen (secondary N) is 3. The molecular weight excluding hydrogens is 318 g/mol. The second-order valence-corrected chi connectivity index (χ2v) is 5.40. The summed E-state index contributed by atoms with van der Waals surface area (Å²) in [5.41, 5.74) is 0.982. The van der Waals surface area contributed by atoms with Crippen molar-refractivity contribution in [1.29, 1.82) is 0 Å². The highest BCUT2D eigenvalue weighted by atomic mass is 35.5. The minimum Gasteiger partial charge on any atom is -0.497 e. The zero-order chi connectivity index (χ0) is 15.8. The summed E-state index contributed by atoms with van der Waals surface area (Å²) in [5.74, 6) is 0.505. The second-order valence-electron chi connectivity index (χ2n) is 5.40. The molecule has 0 saturated carbocycles. The number of methoxy groups -OCH3 is 1. The molecule has 0 spiro atoms. The SMILES string of the molecule is COc1ccc(CNC(=O)CNC(=O)CC2CCCN2)cc1.Cl. The van der Waals surface area contributed by atoms with Gasteiger partial charge in [0.05, 0.1) is 13.7 Å². The van der Waals surface area contributed by atoms with Crippen molar-refractivity contribution in [2.75, 3.05) is 20.2 Å². The van der Waals surface area contributed by atoms with E-state index in [9.17, 15) is 9.59 Å². The Labute approximate surface area is 142 Å². The molecule has 2 rings (SSSR count). The van der Waals surface area contributed by atoms with E-state index in [1.807, 2.05) is 24.3 Å². The van der Waals surface area contributed by atoms with Gasteiger partial charge in [0.15, 0.2) is 0 Å². The summed E-state index contributed by atoms with van der Waals surface area (Å²) in [6.07, 6.45) is 2.57. The Bertz CT molecular complexity index is 502. The van der Waals surface area contributed by atoms with Gasteiger partial charge in [-0.1, -0.05) is 12.1 Å². The first-order chi connectivity index (χ1) is 10.7. The van der Waals surface area contributed by atoms with Gasteiger partial charge in [-0.15, -0.1) is 12.4 Å². The Morgan fingerprint density at radius 2 is 1.96 bits per heavy atom. The van der Waals surface area contributed by atoms with E-state index in [0.29, 0.717) is 13.0 Å². The number of carbonyl (C=O) groups is 2. The van der Waals surface area contributed by atoms with Crippen LogP contribution in [0.3, 0.4) is 0 Å². The standard InChI is InChI=1S/C16H23N3O3.ClH/c1-22-14-6-4-12(5-7-14)10-18-16(21)11-19-15(20)9-13-3-2-8-17-13;/h4-7,13,17H,2-3,8-11H2,1H3,(H,18,21)(H,19,20);1H. The first-order valence-electron chi connectivity index (χ1n) is 7.57. The predicted molar refractivity (Wildman–Crippen MR) is 90.7 cm³/mol. The molecule has 6 nitrogen and oxygen atoms in total. The van der Waals surface area contributed by atoms with Gasteiger partial charge in [0.1, 0.15) is 5.75 Å². The lowest BCUT2D eigenvalue weighted by atomic mass is 10.1. The number of halogens is 1. The van der Waals surface area contributed by atoms with E-state index in [1.165, 1.54) is 0 Å². The van der Waals surface area contributed by atoms with Crippen LogP contribution in [0.2, 0.25) is 0 Å². The van der Waals surface area contributed by atoms with Gasteiger partial charge in [-0.05, 0) is 37.1 Å². The first-order valence-corrected chi connectivity index (χ1v) is 7.57. The molecule has 1 fully saturated rings. The van der Waals surface area contributed by atoms with Crippen LogP contribution < -0.4 is 20.7 Å². The highest BCUT2D eigenvalue weighted by Crippen LogP contribution is 2.11. The fourth-order valence-corrected chi connectivity index (χ4v) is 2.41. The highest BCUT2D eigenvalue weighted by Gasteiger charge is 2.17. The normalized spacial score (nSPS) is 16.3. The zero-order valence-electron chi connectivity index (χ0n) is 13.3. The molecule has 128 valence electrons. The summed E-state index contributed by atoms with van der Waals surface area (Å²) in [4.78, 5) is 23.4. The van der Waals surface area contributed by atoms with Crippen LogP contribution in [0.4, 0.5) is 0 Å². The van der Waals surface area contributed by atoms with Gasteiger partial charge in [-0.25, -0.2) is 0 Å². The molecule has 3 N–H and O–H groups in total. The summed E-state index contributed by atoms with van der Waals surface area (Å²) < 4.78 is 5.07. The molecule has 1 atom stereocenters. The van der Waals surface area contributed by atoms with Gasteiger partial charge in [0.25, 0.3) is 0 Å². The number of amides is 2. The molecule has 2 amide bonds. The third-order valence-corrected chi connectivity index (χ3v) is 3.69. The number of benzene rings is 1. The Hall–Kier alpha value is -1.79. The molecule has 1 unspecified atom stereocenters. The lowest BCUT2D eigenvalue weighted by molar-refractivity contribution is -0.126. The summed E-state index contributed by atoms with van der Waals surface area (Å²) >= 11 is 0. The largest absolute Gasteiger partial charge is 0.497 e.